The van der Waals surface area contributed by atoms with Gasteiger partial charge in [0.2, 0.25) is 0 Å². The van der Waals surface area contributed by atoms with E-state index >= 15 is 0 Å². The summed E-state index contributed by atoms with van der Waals surface area (Å²) in [5.74, 6) is 0. The largest absolute Gasteiger partial charge is 0.377 e. The molecule has 1 fully saturated rings. The fourth-order valence-corrected chi connectivity index (χ4v) is 2.11. The molecule has 0 radical (unpaired) electrons. The van der Waals surface area contributed by atoms with E-state index in [2.05, 4.69) is 17.1 Å². The maximum Gasteiger partial charge on any atom is 0.169 e. The van der Waals surface area contributed by atoms with E-state index in [0.717, 1.165) is 37.8 Å². The van der Waals surface area contributed by atoms with Gasteiger partial charge in [0, 0.05) is 26.2 Å². The van der Waals surface area contributed by atoms with Gasteiger partial charge in [-0.2, -0.15) is 0 Å². The Kier molecular flexibility index (Phi) is 5.95. The van der Waals surface area contributed by atoms with Crippen LogP contribution >= 0.6 is 12.2 Å². The lowest BCUT2D eigenvalue weighted by atomic mass is 10.1. The SMILES string of the molecule is CCCNC(=S)N1CCCC(OCC)C1. The van der Waals surface area contributed by atoms with E-state index in [1.165, 1.54) is 12.8 Å². The molecule has 1 saturated heterocycles. The first-order chi connectivity index (χ1) is 7.27. The lowest BCUT2D eigenvalue weighted by molar-refractivity contribution is 0.0234. The number of hydrogen-bond donors (Lipinski definition) is 1. The fraction of sp³-hybridized carbons (Fsp3) is 0.909. The van der Waals surface area contributed by atoms with E-state index in [4.69, 9.17) is 17.0 Å². The van der Waals surface area contributed by atoms with Crippen LogP contribution in [0.15, 0.2) is 0 Å². The van der Waals surface area contributed by atoms with E-state index in [0.29, 0.717) is 6.10 Å². The minimum atomic E-state index is 0.366. The average molecular weight is 230 g/mol. The lowest BCUT2D eigenvalue weighted by Gasteiger charge is -2.34. The molecule has 0 spiro atoms. The van der Waals surface area contributed by atoms with Gasteiger partial charge in [-0.1, -0.05) is 6.92 Å². The maximum atomic E-state index is 5.64. The molecule has 0 amide bonds. The summed E-state index contributed by atoms with van der Waals surface area (Å²) in [5, 5.41) is 4.16. The highest BCUT2D eigenvalue weighted by atomic mass is 32.1. The Morgan fingerprint density at radius 3 is 3.00 bits per heavy atom. The van der Waals surface area contributed by atoms with Crippen molar-refractivity contribution in [3.05, 3.63) is 0 Å². The highest BCUT2D eigenvalue weighted by molar-refractivity contribution is 7.80. The minimum absolute atomic E-state index is 0.366. The first-order valence-corrected chi connectivity index (χ1v) is 6.33. The van der Waals surface area contributed by atoms with Crippen LogP contribution in [0.5, 0.6) is 0 Å². The van der Waals surface area contributed by atoms with Gasteiger partial charge < -0.3 is 15.0 Å². The van der Waals surface area contributed by atoms with Crippen molar-refractivity contribution in [3.8, 4) is 0 Å². The summed E-state index contributed by atoms with van der Waals surface area (Å²) in [6, 6.07) is 0. The van der Waals surface area contributed by atoms with Crippen LogP contribution in [0.1, 0.15) is 33.1 Å². The Morgan fingerprint density at radius 1 is 1.53 bits per heavy atom. The zero-order valence-electron chi connectivity index (χ0n) is 9.79. The molecule has 88 valence electrons. The van der Waals surface area contributed by atoms with Gasteiger partial charge in [0.1, 0.15) is 0 Å². The third-order valence-electron chi connectivity index (χ3n) is 2.59. The Morgan fingerprint density at radius 2 is 2.33 bits per heavy atom. The van der Waals surface area contributed by atoms with Gasteiger partial charge in [0.25, 0.3) is 0 Å². The zero-order chi connectivity index (χ0) is 11.1. The van der Waals surface area contributed by atoms with Crippen molar-refractivity contribution in [2.75, 3.05) is 26.2 Å². The summed E-state index contributed by atoms with van der Waals surface area (Å²) in [6.45, 7) is 7.98. The van der Waals surface area contributed by atoms with E-state index in [1.54, 1.807) is 0 Å². The van der Waals surface area contributed by atoms with Gasteiger partial charge in [-0.05, 0) is 38.4 Å². The molecule has 0 aromatic rings. The Balaban J connectivity index is 2.31. The molecule has 1 heterocycles. The fourth-order valence-electron chi connectivity index (χ4n) is 1.84. The first kappa shape index (κ1) is 12.7. The highest BCUT2D eigenvalue weighted by Gasteiger charge is 2.21. The Hall–Kier alpha value is -0.350. The van der Waals surface area contributed by atoms with Gasteiger partial charge in [0.15, 0.2) is 5.11 Å². The van der Waals surface area contributed by atoms with E-state index in [9.17, 15) is 0 Å². The normalized spacial score (nSPS) is 21.5. The van der Waals surface area contributed by atoms with Crippen molar-refractivity contribution in [3.63, 3.8) is 0 Å². The topological polar surface area (TPSA) is 24.5 Å². The van der Waals surface area contributed by atoms with Gasteiger partial charge in [-0.3, -0.25) is 0 Å². The minimum Gasteiger partial charge on any atom is -0.377 e. The number of likely N-dealkylation sites (tertiary alicyclic amines) is 1. The molecule has 3 nitrogen and oxygen atoms in total. The van der Waals surface area contributed by atoms with Crippen LogP contribution in [0.3, 0.4) is 0 Å². The van der Waals surface area contributed by atoms with Gasteiger partial charge >= 0.3 is 0 Å². The first-order valence-electron chi connectivity index (χ1n) is 5.92. The number of piperidine rings is 1. The smallest absolute Gasteiger partial charge is 0.169 e. The van der Waals surface area contributed by atoms with Crippen LogP contribution in [-0.2, 0) is 4.74 Å². The lowest BCUT2D eigenvalue weighted by Crippen LogP contribution is -2.47. The predicted molar refractivity (Wildman–Crippen MR) is 67.1 cm³/mol. The number of nitrogens with one attached hydrogen (secondary N) is 1. The van der Waals surface area contributed by atoms with E-state index < -0.39 is 0 Å². The van der Waals surface area contributed by atoms with Crippen LogP contribution < -0.4 is 5.32 Å². The second kappa shape index (κ2) is 7.01. The summed E-state index contributed by atoms with van der Waals surface area (Å²) < 4.78 is 5.64. The van der Waals surface area contributed by atoms with Crippen LogP contribution in [0.2, 0.25) is 0 Å². The van der Waals surface area contributed by atoms with Crippen molar-refractivity contribution >= 4 is 17.3 Å². The van der Waals surface area contributed by atoms with Crippen molar-refractivity contribution in [1.82, 2.24) is 10.2 Å². The van der Waals surface area contributed by atoms with Crippen molar-refractivity contribution < 1.29 is 4.74 Å². The number of rotatable bonds is 4. The molecule has 1 N–H and O–H groups in total. The number of thiocarbonyl (C=S) groups is 1. The van der Waals surface area contributed by atoms with Crippen LogP contribution in [0.4, 0.5) is 0 Å². The van der Waals surface area contributed by atoms with Crippen LogP contribution in [0, 0.1) is 0 Å². The molecule has 0 aromatic heterocycles. The van der Waals surface area contributed by atoms with Crippen molar-refractivity contribution in [2.45, 2.75) is 39.2 Å². The molecule has 1 aliphatic rings. The van der Waals surface area contributed by atoms with Crippen molar-refractivity contribution in [1.29, 1.82) is 0 Å². The van der Waals surface area contributed by atoms with E-state index in [-0.39, 0.29) is 0 Å². The average Bonchev–Trinajstić information content (AvgIpc) is 2.27. The molecule has 0 bridgehead atoms. The molecule has 0 aliphatic carbocycles. The Labute approximate surface area is 98.2 Å². The van der Waals surface area contributed by atoms with Crippen LogP contribution in [-0.4, -0.2) is 42.4 Å². The standard InChI is InChI=1S/C11H22N2OS/c1-3-7-12-11(15)13-8-5-6-10(9-13)14-4-2/h10H,3-9H2,1-2H3,(H,12,15). The number of nitrogens with zero attached hydrogens (tertiary/aromatic N) is 1. The van der Waals surface area contributed by atoms with Gasteiger partial charge in [-0.15, -0.1) is 0 Å². The summed E-state index contributed by atoms with van der Waals surface area (Å²) in [4.78, 5) is 2.23. The zero-order valence-corrected chi connectivity index (χ0v) is 10.6. The second-order valence-electron chi connectivity index (χ2n) is 3.90. The van der Waals surface area contributed by atoms with Gasteiger partial charge in [0.05, 0.1) is 6.10 Å². The summed E-state index contributed by atoms with van der Waals surface area (Å²) in [5.41, 5.74) is 0. The monoisotopic (exact) mass is 230 g/mol. The number of hydrogen-bond acceptors (Lipinski definition) is 2. The molecule has 4 heteroatoms. The summed E-state index contributed by atoms with van der Waals surface area (Å²) in [6.07, 6.45) is 3.83. The summed E-state index contributed by atoms with van der Waals surface area (Å²) in [7, 11) is 0. The second-order valence-corrected chi connectivity index (χ2v) is 4.28. The van der Waals surface area contributed by atoms with E-state index in [1.807, 2.05) is 6.92 Å². The van der Waals surface area contributed by atoms with Gasteiger partial charge in [-0.25, -0.2) is 0 Å². The highest BCUT2D eigenvalue weighted by Crippen LogP contribution is 2.13. The summed E-state index contributed by atoms with van der Waals surface area (Å²) >= 11 is 5.34. The molecule has 0 aromatic carbocycles. The van der Waals surface area contributed by atoms with Crippen molar-refractivity contribution in [2.24, 2.45) is 0 Å². The molecular weight excluding hydrogens is 208 g/mol. The molecule has 1 atom stereocenters. The molecule has 1 aliphatic heterocycles. The molecule has 1 unspecified atom stereocenters. The molecule has 0 saturated carbocycles. The number of ether oxygens (including phenoxy) is 1. The predicted octanol–water partition coefficient (Wildman–Crippen LogP) is 1.77. The molecule has 1 rings (SSSR count). The quantitative estimate of drug-likeness (QED) is 0.744. The molecule has 15 heavy (non-hydrogen) atoms. The third kappa shape index (κ3) is 4.34. The van der Waals surface area contributed by atoms with Crippen LogP contribution in [0.25, 0.3) is 0 Å². The molecular formula is C11H22N2OS. The Bertz CT molecular complexity index is 197. The third-order valence-corrected chi connectivity index (χ3v) is 3.00. The maximum absolute atomic E-state index is 5.64.